The van der Waals surface area contributed by atoms with Gasteiger partial charge in [0, 0.05) is 45.1 Å². The molecule has 0 bridgehead atoms. The minimum absolute atomic E-state index is 0.0883. The second-order valence-electron chi connectivity index (χ2n) is 6.78. The van der Waals surface area contributed by atoms with Gasteiger partial charge in [-0.05, 0) is 49.1 Å². The summed E-state index contributed by atoms with van der Waals surface area (Å²) in [5, 5.41) is 0. The Morgan fingerprint density at radius 3 is 2.31 bits per heavy atom. The SMILES string of the molecule is CN(C)c1ccc(C=C(C(=O)N2CCCCC2)n2ccccc2=O)cc1. The van der Waals surface area contributed by atoms with Gasteiger partial charge in [-0.15, -0.1) is 0 Å². The van der Waals surface area contributed by atoms with Gasteiger partial charge in [0.25, 0.3) is 11.5 Å². The molecule has 0 N–H and O–H groups in total. The van der Waals surface area contributed by atoms with Crippen molar-refractivity contribution in [1.29, 1.82) is 0 Å². The van der Waals surface area contributed by atoms with Crippen molar-refractivity contribution < 1.29 is 4.79 Å². The minimum Gasteiger partial charge on any atom is -0.378 e. The van der Waals surface area contributed by atoms with Crippen molar-refractivity contribution >= 4 is 23.4 Å². The Balaban J connectivity index is 2.01. The first-order chi connectivity index (χ1) is 12.6. The van der Waals surface area contributed by atoms with Crippen LogP contribution in [-0.2, 0) is 4.79 Å². The summed E-state index contributed by atoms with van der Waals surface area (Å²) >= 11 is 0. The zero-order chi connectivity index (χ0) is 18.5. The van der Waals surface area contributed by atoms with Gasteiger partial charge in [-0.3, -0.25) is 14.2 Å². The molecule has 1 aliphatic heterocycles. The summed E-state index contributed by atoms with van der Waals surface area (Å²) < 4.78 is 1.44. The summed E-state index contributed by atoms with van der Waals surface area (Å²) in [7, 11) is 3.97. The van der Waals surface area contributed by atoms with Crippen molar-refractivity contribution in [1.82, 2.24) is 9.47 Å². The van der Waals surface area contributed by atoms with E-state index in [0.29, 0.717) is 5.70 Å². The van der Waals surface area contributed by atoms with Crippen LogP contribution in [0.1, 0.15) is 24.8 Å². The van der Waals surface area contributed by atoms with E-state index in [0.717, 1.165) is 43.6 Å². The summed E-state index contributed by atoms with van der Waals surface area (Å²) in [6.07, 6.45) is 6.64. The summed E-state index contributed by atoms with van der Waals surface area (Å²) in [6, 6.07) is 12.9. The number of carbonyl (C=O) groups excluding carboxylic acids is 1. The predicted octanol–water partition coefficient (Wildman–Crippen LogP) is 2.92. The Bertz CT molecular complexity index is 844. The Morgan fingerprint density at radius 1 is 1.00 bits per heavy atom. The number of hydrogen-bond donors (Lipinski definition) is 0. The second-order valence-corrected chi connectivity index (χ2v) is 6.78. The predicted molar refractivity (Wildman–Crippen MR) is 106 cm³/mol. The van der Waals surface area contributed by atoms with E-state index in [1.165, 1.54) is 10.6 Å². The van der Waals surface area contributed by atoms with E-state index >= 15 is 0 Å². The maximum Gasteiger partial charge on any atom is 0.270 e. The summed E-state index contributed by atoms with van der Waals surface area (Å²) in [5.41, 5.74) is 2.18. The third-order valence-corrected chi connectivity index (χ3v) is 4.66. The lowest BCUT2D eigenvalue weighted by molar-refractivity contribution is -0.126. The maximum absolute atomic E-state index is 13.1. The molecule has 136 valence electrons. The molecule has 2 heterocycles. The summed E-state index contributed by atoms with van der Waals surface area (Å²) in [5.74, 6) is -0.0883. The van der Waals surface area contributed by atoms with Crippen LogP contribution in [0.5, 0.6) is 0 Å². The Hall–Kier alpha value is -2.82. The molecule has 0 radical (unpaired) electrons. The van der Waals surface area contributed by atoms with E-state index in [2.05, 4.69) is 0 Å². The number of pyridine rings is 1. The van der Waals surface area contributed by atoms with Crippen LogP contribution < -0.4 is 10.5 Å². The van der Waals surface area contributed by atoms with Gasteiger partial charge in [-0.1, -0.05) is 18.2 Å². The smallest absolute Gasteiger partial charge is 0.270 e. The number of hydrogen-bond acceptors (Lipinski definition) is 3. The Kier molecular flexibility index (Phi) is 5.56. The third-order valence-electron chi connectivity index (χ3n) is 4.66. The van der Waals surface area contributed by atoms with E-state index in [1.54, 1.807) is 24.4 Å². The largest absolute Gasteiger partial charge is 0.378 e. The number of likely N-dealkylation sites (tertiary alicyclic amines) is 1. The molecule has 2 aromatic rings. The zero-order valence-corrected chi connectivity index (χ0v) is 15.4. The normalized spacial score (nSPS) is 15.0. The first-order valence-electron chi connectivity index (χ1n) is 9.03. The van der Waals surface area contributed by atoms with Crippen molar-refractivity contribution in [3.8, 4) is 0 Å². The summed E-state index contributed by atoms with van der Waals surface area (Å²) in [6.45, 7) is 1.49. The van der Waals surface area contributed by atoms with Crippen LogP contribution in [0.4, 0.5) is 5.69 Å². The molecule has 1 aliphatic rings. The van der Waals surface area contributed by atoms with Crippen LogP contribution in [0.2, 0.25) is 0 Å². The quantitative estimate of drug-likeness (QED) is 0.796. The van der Waals surface area contributed by atoms with E-state index in [-0.39, 0.29) is 11.5 Å². The van der Waals surface area contributed by atoms with Crippen molar-refractivity contribution in [2.45, 2.75) is 19.3 Å². The highest BCUT2D eigenvalue weighted by Crippen LogP contribution is 2.19. The first kappa shape index (κ1) is 18.0. The van der Waals surface area contributed by atoms with Gasteiger partial charge >= 0.3 is 0 Å². The van der Waals surface area contributed by atoms with Gasteiger partial charge in [0.15, 0.2) is 0 Å². The number of amides is 1. The first-order valence-corrected chi connectivity index (χ1v) is 9.03. The molecule has 0 spiro atoms. The van der Waals surface area contributed by atoms with Crippen molar-refractivity contribution in [3.05, 3.63) is 64.6 Å². The van der Waals surface area contributed by atoms with Gasteiger partial charge < -0.3 is 9.80 Å². The molecule has 1 aromatic carbocycles. The lowest BCUT2D eigenvalue weighted by Gasteiger charge is -2.28. The lowest BCUT2D eigenvalue weighted by Crippen LogP contribution is -2.38. The second kappa shape index (κ2) is 8.04. The number of nitrogens with zero attached hydrogens (tertiary/aromatic N) is 3. The number of anilines is 1. The zero-order valence-electron chi connectivity index (χ0n) is 15.4. The van der Waals surface area contributed by atoms with Gasteiger partial charge in [0.2, 0.25) is 0 Å². The fourth-order valence-corrected chi connectivity index (χ4v) is 3.15. The molecule has 1 fully saturated rings. The van der Waals surface area contributed by atoms with E-state index in [4.69, 9.17) is 0 Å². The highest BCUT2D eigenvalue weighted by atomic mass is 16.2. The van der Waals surface area contributed by atoms with Crippen LogP contribution in [0.3, 0.4) is 0 Å². The molecule has 5 heteroatoms. The fraction of sp³-hybridized carbons (Fsp3) is 0.333. The number of piperidine rings is 1. The Labute approximate surface area is 154 Å². The molecule has 0 atom stereocenters. The molecule has 1 aromatic heterocycles. The average Bonchev–Trinajstić information content (AvgIpc) is 2.67. The van der Waals surface area contributed by atoms with E-state index in [9.17, 15) is 9.59 Å². The minimum atomic E-state index is -0.200. The molecular formula is C21H25N3O2. The van der Waals surface area contributed by atoms with Crippen molar-refractivity contribution in [3.63, 3.8) is 0 Å². The highest BCUT2D eigenvalue weighted by Gasteiger charge is 2.22. The van der Waals surface area contributed by atoms with Crippen LogP contribution in [-0.4, -0.2) is 42.6 Å². The van der Waals surface area contributed by atoms with Crippen LogP contribution in [0.15, 0.2) is 53.5 Å². The molecule has 1 amide bonds. The molecule has 3 rings (SSSR count). The molecule has 5 nitrogen and oxygen atoms in total. The molecular weight excluding hydrogens is 326 g/mol. The number of benzene rings is 1. The van der Waals surface area contributed by atoms with Crippen LogP contribution in [0, 0.1) is 0 Å². The molecule has 0 saturated carbocycles. The fourth-order valence-electron chi connectivity index (χ4n) is 3.15. The van der Waals surface area contributed by atoms with Crippen LogP contribution in [0.25, 0.3) is 11.8 Å². The van der Waals surface area contributed by atoms with Crippen molar-refractivity contribution in [2.75, 3.05) is 32.1 Å². The monoisotopic (exact) mass is 351 g/mol. The van der Waals surface area contributed by atoms with E-state index in [1.807, 2.05) is 48.2 Å². The molecule has 0 unspecified atom stereocenters. The van der Waals surface area contributed by atoms with Gasteiger partial charge in [-0.2, -0.15) is 0 Å². The van der Waals surface area contributed by atoms with Gasteiger partial charge in [0.1, 0.15) is 5.70 Å². The lowest BCUT2D eigenvalue weighted by atomic mass is 10.1. The van der Waals surface area contributed by atoms with Gasteiger partial charge in [-0.25, -0.2) is 0 Å². The maximum atomic E-state index is 13.1. The third kappa shape index (κ3) is 4.04. The molecule has 26 heavy (non-hydrogen) atoms. The number of carbonyl (C=O) groups is 1. The average molecular weight is 351 g/mol. The van der Waals surface area contributed by atoms with Gasteiger partial charge in [0.05, 0.1) is 0 Å². The summed E-state index contributed by atoms with van der Waals surface area (Å²) in [4.78, 5) is 29.3. The number of aromatic nitrogens is 1. The Morgan fingerprint density at radius 2 is 1.69 bits per heavy atom. The van der Waals surface area contributed by atoms with Crippen molar-refractivity contribution in [2.24, 2.45) is 0 Å². The molecule has 0 aliphatic carbocycles. The van der Waals surface area contributed by atoms with E-state index < -0.39 is 0 Å². The standard InChI is InChI=1S/C21H25N3O2/c1-22(2)18-11-9-17(10-12-18)16-19(24-15-7-4-8-20(24)25)21(26)23-13-5-3-6-14-23/h4,7-12,15-16H,3,5-6,13-14H2,1-2H3. The topological polar surface area (TPSA) is 45.6 Å². The molecule has 1 saturated heterocycles. The highest BCUT2D eigenvalue weighted by molar-refractivity contribution is 6.18. The number of rotatable bonds is 4. The van der Waals surface area contributed by atoms with Crippen LogP contribution >= 0.6 is 0 Å².